The molecule has 7 nitrogen and oxygen atoms in total. The Bertz CT molecular complexity index is 990. The Balaban J connectivity index is 0.00000648. The third kappa shape index (κ3) is 13.6. The summed E-state index contributed by atoms with van der Waals surface area (Å²) in [6.07, 6.45) is 8.86. The number of hydrogen-bond donors (Lipinski definition) is 3. The third-order valence-corrected chi connectivity index (χ3v) is 6.58. The second-order valence-corrected chi connectivity index (χ2v) is 10.5. The van der Waals surface area contributed by atoms with Crippen LogP contribution >= 0.6 is 24.8 Å². The minimum absolute atomic E-state index is 0. The van der Waals surface area contributed by atoms with Crippen molar-refractivity contribution in [3.8, 4) is 11.5 Å². The van der Waals surface area contributed by atoms with Crippen LogP contribution in [0.4, 0.5) is 5.69 Å². The molecule has 3 N–H and O–H groups in total. The van der Waals surface area contributed by atoms with Gasteiger partial charge in [0.25, 0.3) is 0 Å². The average Bonchev–Trinajstić information content (AvgIpc) is 2.84. The lowest BCUT2D eigenvalue weighted by atomic mass is 10.0. The van der Waals surface area contributed by atoms with E-state index in [4.69, 9.17) is 9.47 Å². The monoisotopic (exact) mass is 577 g/mol. The fourth-order valence-corrected chi connectivity index (χ4v) is 4.73. The maximum atomic E-state index is 11.3. The van der Waals surface area contributed by atoms with Crippen LogP contribution in [-0.4, -0.2) is 55.1 Å². The molecule has 37 heavy (non-hydrogen) atoms. The highest BCUT2D eigenvalue weighted by molar-refractivity contribution is 7.92. The van der Waals surface area contributed by atoms with Crippen molar-refractivity contribution < 1.29 is 17.9 Å². The second kappa shape index (κ2) is 19.4. The molecule has 0 amide bonds. The third-order valence-electron chi connectivity index (χ3n) is 5.97. The molecule has 10 heteroatoms. The second-order valence-electron chi connectivity index (χ2n) is 8.78. The molecule has 0 aliphatic carbocycles. The van der Waals surface area contributed by atoms with Crippen LogP contribution in [0.15, 0.2) is 36.4 Å². The molecule has 0 aromatic heterocycles. The van der Waals surface area contributed by atoms with Gasteiger partial charge in [0.1, 0.15) is 0 Å². The highest BCUT2D eigenvalue weighted by Crippen LogP contribution is 2.33. The van der Waals surface area contributed by atoms with Gasteiger partial charge >= 0.3 is 0 Å². The number of ether oxygens (including phenoxy) is 2. The van der Waals surface area contributed by atoms with Crippen molar-refractivity contribution in [3.63, 3.8) is 0 Å². The lowest BCUT2D eigenvalue weighted by Crippen LogP contribution is -2.20. The van der Waals surface area contributed by atoms with E-state index in [9.17, 15) is 8.42 Å². The molecule has 0 unspecified atom stereocenters. The van der Waals surface area contributed by atoms with Crippen molar-refractivity contribution >= 4 is 40.5 Å². The minimum atomic E-state index is -3.22. The highest BCUT2D eigenvalue weighted by Gasteiger charge is 2.13. The summed E-state index contributed by atoms with van der Waals surface area (Å²) in [6.45, 7) is 6.12. The number of rotatable bonds is 18. The Kier molecular flexibility index (Phi) is 18.5. The number of hydrogen-bond acceptors (Lipinski definition) is 6. The molecule has 0 atom stereocenters. The summed E-state index contributed by atoms with van der Waals surface area (Å²) in [6, 6.07) is 11.7. The fourth-order valence-electron chi connectivity index (χ4n) is 4.17. The SMILES string of the molecule is CCc1c(CCNCCCCCCNCCc2ccc(NS(C)(=O)=O)cc2)ccc(OC)c1OC.Cl.Cl. The molecule has 2 aromatic rings. The summed E-state index contributed by atoms with van der Waals surface area (Å²) < 4.78 is 36.0. The van der Waals surface area contributed by atoms with Gasteiger partial charge < -0.3 is 20.1 Å². The molecule has 0 spiro atoms. The Labute approximate surface area is 236 Å². The lowest BCUT2D eigenvalue weighted by molar-refractivity contribution is 0.351. The van der Waals surface area contributed by atoms with Crippen LogP contribution < -0.4 is 24.8 Å². The van der Waals surface area contributed by atoms with E-state index < -0.39 is 10.0 Å². The van der Waals surface area contributed by atoms with E-state index in [1.54, 1.807) is 26.4 Å². The van der Waals surface area contributed by atoms with Gasteiger partial charge in [0.15, 0.2) is 11.5 Å². The van der Waals surface area contributed by atoms with Crippen molar-refractivity contribution in [2.45, 2.75) is 51.9 Å². The smallest absolute Gasteiger partial charge is 0.229 e. The van der Waals surface area contributed by atoms with Crippen LogP contribution in [0, 0.1) is 0 Å². The Morgan fingerprint density at radius 1 is 0.757 bits per heavy atom. The van der Waals surface area contributed by atoms with Crippen molar-refractivity contribution in [2.75, 3.05) is 51.4 Å². The van der Waals surface area contributed by atoms with Gasteiger partial charge in [0, 0.05) is 11.3 Å². The van der Waals surface area contributed by atoms with Crippen molar-refractivity contribution in [1.29, 1.82) is 0 Å². The van der Waals surface area contributed by atoms with E-state index in [-0.39, 0.29) is 24.8 Å². The Hall–Kier alpha value is -1.71. The summed E-state index contributed by atoms with van der Waals surface area (Å²) in [5, 5.41) is 7.07. The van der Waals surface area contributed by atoms with Gasteiger partial charge in [-0.2, -0.15) is 0 Å². The van der Waals surface area contributed by atoms with E-state index in [1.807, 2.05) is 18.2 Å². The Morgan fingerprint density at radius 3 is 1.86 bits per heavy atom. The number of anilines is 1. The number of halogens is 2. The van der Waals surface area contributed by atoms with E-state index in [0.29, 0.717) is 5.69 Å². The van der Waals surface area contributed by atoms with Crippen LogP contribution in [-0.2, 0) is 29.3 Å². The molecule has 0 heterocycles. The predicted molar refractivity (Wildman–Crippen MR) is 160 cm³/mol. The summed E-state index contributed by atoms with van der Waals surface area (Å²) in [5.41, 5.74) is 4.36. The van der Waals surface area contributed by atoms with Crippen LogP contribution in [0.5, 0.6) is 11.5 Å². The molecule has 2 rings (SSSR count). The van der Waals surface area contributed by atoms with Crippen molar-refractivity contribution in [1.82, 2.24) is 10.6 Å². The van der Waals surface area contributed by atoms with Gasteiger partial charge in [-0.25, -0.2) is 8.42 Å². The van der Waals surface area contributed by atoms with Gasteiger partial charge in [-0.05, 0) is 87.6 Å². The number of methoxy groups -OCH3 is 2. The quantitative estimate of drug-likeness (QED) is 0.216. The topological polar surface area (TPSA) is 88.7 Å². The molecule has 0 saturated heterocycles. The van der Waals surface area contributed by atoms with Crippen molar-refractivity contribution in [3.05, 3.63) is 53.1 Å². The fraction of sp³-hybridized carbons (Fsp3) is 0.556. The van der Waals surface area contributed by atoms with Crippen LogP contribution in [0.3, 0.4) is 0 Å². The highest BCUT2D eigenvalue weighted by atomic mass is 35.5. The molecule has 0 bridgehead atoms. The first kappa shape index (κ1) is 35.3. The lowest BCUT2D eigenvalue weighted by Gasteiger charge is -2.16. The first-order valence-electron chi connectivity index (χ1n) is 12.6. The zero-order valence-corrected chi connectivity index (χ0v) is 25.0. The first-order valence-corrected chi connectivity index (χ1v) is 14.5. The van der Waals surface area contributed by atoms with Gasteiger partial charge in [-0.3, -0.25) is 4.72 Å². The van der Waals surface area contributed by atoms with E-state index in [1.165, 1.54) is 42.4 Å². The molecule has 0 radical (unpaired) electrons. The van der Waals surface area contributed by atoms with Gasteiger partial charge in [0.05, 0.1) is 20.5 Å². The first-order chi connectivity index (χ1) is 16.9. The summed E-state index contributed by atoms with van der Waals surface area (Å²) in [7, 11) is 0.162. The van der Waals surface area contributed by atoms with Crippen molar-refractivity contribution in [2.24, 2.45) is 0 Å². The average molecular weight is 579 g/mol. The van der Waals surface area contributed by atoms with Crippen LogP contribution in [0.1, 0.15) is 49.3 Å². The predicted octanol–water partition coefficient (Wildman–Crippen LogP) is 5.01. The molecular formula is C27H45Cl2N3O4S. The summed E-state index contributed by atoms with van der Waals surface area (Å²) >= 11 is 0. The normalized spacial score (nSPS) is 10.8. The zero-order valence-electron chi connectivity index (χ0n) is 22.6. The molecule has 212 valence electrons. The standard InChI is InChI=1S/C27H43N3O4S.2ClH/c1-5-25-23(12-15-26(33-2)27(25)34-3)17-21-29-19-9-7-6-8-18-28-20-16-22-10-13-24(14-11-22)30-35(4,31)32;;/h10-15,28-30H,5-9,16-21H2,1-4H3;2*1H. The summed E-state index contributed by atoms with van der Waals surface area (Å²) in [4.78, 5) is 0. The van der Waals surface area contributed by atoms with Gasteiger partial charge in [-0.15, -0.1) is 24.8 Å². The summed E-state index contributed by atoms with van der Waals surface area (Å²) in [5.74, 6) is 1.66. The molecule has 0 aliphatic heterocycles. The van der Waals surface area contributed by atoms with E-state index >= 15 is 0 Å². The number of sulfonamides is 1. The largest absolute Gasteiger partial charge is 0.493 e. The number of benzene rings is 2. The van der Waals surface area contributed by atoms with E-state index in [0.717, 1.165) is 63.2 Å². The number of nitrogens with one attached hydrogen (secondary N) is 3. The maximum Gasteiger partial charge on any atom is 0.229 e. The maximum absolute atomic E-state index is 11.3. The van der Waals surface area contributed by atoms with Crippen LogP contribution in [0.2, 0.25) is 0 Å². The molecular weight excluding hydrogens is 533 g/mol. The van der Waals surface area contributed by atoms with Gasteiger partial charge in [0.2, 0.25) is 10.0 Å². The molecule has 0 saturated carbocycles. The minimum Gasteiger partial charge on any atom is -0.493 e. The molecule has 0 fully saturated rings. The Morgan fingerprint density at radius 2 is 1.35 bits per heavy atom. The van der Waals surface area contributed by atoms with E-state index in [2.05, 4.69) is 28.3 Å². The molecule has 2 aromatic carbocycles. The molecule has 0 aliphatic rings. The van der Waals surface area contributed by atoms with Gasteiger partial charge in [-0.1, -0.05) is 38.0 Å². The number of unbranched alkanes of at least 4 members (excludes halogenated alkanes) is 3. The van der Waals surface area contributed by atoms with Crippen LogP contribution in [0.25, 0.3) is 0 Å². The zero-order chi connectivity index (χ0) is 25.5.